The van der Waals surface area contributed by atoms with Crippen LogP contribution in [0.25, 0.3) is 0 Å². The van der Waals surface area contributed by atoms with Crippen LogP contribution in [0.2, 0.25) is 0 Å². The summed E-state index contributed by atoms with van der Waals surface area (Å²) < 4.78 is 14.1. The highest BCUT2D eigenvalue weighted by Crippen LogP contribution is 2.46. The Morgan fingerprint density at radius 2 is 0.477 bits per heavy atom. The SMILES string of the molecule is CC(C)(C)c1cc2c(O)c(c1)Cc1cc(C(C)(C)C)cc(c1OCc1ccccn1)Cc1cc(C(C)(C)C)cc(c1O)Cc1cc(C(C)(C)C)cc(c1O)Cc1cc(C(C)(C)C)cc(c1OCc1ccccn1)Cc1cc(C(C)(C)C)cc(c1O)C2. The lowest BCUT2D eigenvalue weighted by atomic mass is 9.79. The lowest BCUT2D eigenvalue weighted by Crippen LogP contribution is -2.16. The topological polar surface area (TPSA) is 125 Å². The third-order valence-corrected chi connectivity index (χ3v) is 17.2. The van der Waals surface area contributed by atoms with Gasteiger partial charge < -0.3 is 29.9 Å². The second-order valence-corrected chi connectivity index (χ2v) is 30.6. The Morgan fingerprint density at radius 1 is 0.291 bits per heavy atom. The Labute approximate surface area is 513 Å². The molecule has 2 aromatic heterocycles. The Morgan fingerprint density at radius 3 is 0.651 bits per heavy atom. The molecule has 9 rings (SSSR count). The van der Waals surface area contributed by atoms with Crippen molar-refractivity contribution < 1.29 is 29.9 Å². The minimum absolute atomic E-state index is 0.168. The second kappa shape index (κ2) is 23.6. The van der Waals surface area contributed by atoms with Gasteiger partial charge in [-0.1, -0.05) is 210 Å². The summed E-state index contributed by atoms with van der Waals surface area (Å²) in [6.45, 7) is 40.0. The summed E-state index contributed by atoms with van der Waals surface area (Å²) in [6.07, 6.45) is 5.38. The maximum atomic E-state index is 13.0. The van der Waals surface area contributed by atoms with Crippen LogP contribution in [0.4, 0.5) is 0 Å². The van der Waals surface area contributed by atoms with Gasteiger partial charge in [-0.15, -0.1) is 0 Å². The summed E-state index contributed by atoms with van der Waals surface area (Å²) in [4.78, 5) is 9.33. The van der Waals surface area contributed by atoms with E-state index in [9.17, 15) is 20.4 Å². The average Bonchev–Trinajstić information content (AvgIpc) is 1.02. The largest absolute Gasteiger partial charge is 0.507 e. The van der Waals surface area contributed by atoms with Crippen LogP contribution in [0.3, 0.4) is 0 Å². The molecule has 0 fully saturated rings. The molecule has 12 bridgehead atoms. The molecule has 8 aromatic rings. The van der Waals surface area contributed by atoms with Gasteiger partial charge in [-0.3, -0.25) is 9.97 Å². The van der Waals surface area contributed by atoms with Crippen LogP contribution < -0.4 is 9.47 Å². The Kier molecular flexibility index (Phi) is 17.3. The zero-order chi connectivity index (χ0) is 62.6. The number of ether oxygens (including phenoxy) is 2. The van der Waals surface area contributed by atoms with Crippen molar-refractivity contribution >= 4 is 0 Å². The fraction of sp³-hybridized carbons (Fsp3) is 0.410. The van der Waals surface area contributed by atoms with Crippen molar-refractivity contribution in [2.75, 3.05) is 0 Å². The third kappa shape index (κ3) is 14.3. The van der Waals surface area contributed by atoms with E-state index in [2.05, 4.69) is 207 Å². The Hall–Kier alpha value is -7.58. The van der Waals surface area contributed by atoms with Gasteiger partial charge in [0.2, 0.25) is 0 Å². The smallest absolute Gasteiger partial charge is 0.130 e. The molecular weight excluding hydrogens is 1060 g/mol. The lowest BCUT2D eigenvalue weighted by Gasteiger charge is -2.28. The predicted molar refractivity (Wildman–Crippen MR) is 351 cm³/mol. The fourth-order valence-corrected chi connectivity index (χ4v) is 11.6. The van der Waals surface area contributed by atoms with Gasteiger partial charge in [0, 0.05) is 50.9 Å². The van der Waals surface area contributed by atoms with Gasteiger partial charge >= 0.3 is 0 Å². The average molecular weight is 1160 g/mol. The summed E-state index contributed by atoms with van der Waals surface area (Å²) in [7, 11) is 0. The van der Waals surface area contributed by atoms with E-state index in [4.69, 9.17) is 9.47 Å². The van der Waals surface area contributed by atoms with E-state index < -0.39 is 0 Å². The minimum Gasteiger partial charge on any atom is -0.507 e. The van der Waals surface area contributed by atoms with E-state index in [0.29, 0.717) is 59.4 Å². The molecule has 1 aliphatic rings. The highest BCUT2D eigenvalue weighted by Gasteiger charge is 2.30. The first-order chi connectivity index (χ1) is 40.0. The third-order valence-electron chi connectivity index (χ3n) is 17.2. The number of aromatic hydroxyl groups is 4. The Balaban J connectivity index is 1.38. The lowest BCUT2D eigenvalue weighted by molar-refractivity contribution is 0.295. The summed E-state index contributed by atoms with van der Waals surface area (Å²) in [6, 6.07) is 37.5. The van der Waals surface area contributed by atoms with Crippen molar-refractivity contribution in [3.63, 3.8) is 0 Å². The van der Waals surface area contributed by atoms with Gasteiger partial charge in [0.25, 0.3) is 0 Å². The number of rotatable bonds is 6. The molecule has 0 unspecified atom stereocenters. The number of phenolic OH excluding ortho intramolecular Hbond substituents is 4. The zero-order valence-corrected chi connectivity index (χ0v) is 54.7. The van der Waals surface area contributed by atoms with E-state index in [0.717, 1.165) is 89.3 Å². The molecule has 0 radical (unpaired) electrons. The number of phenols is 4. The van der Waals surface area contributed by atoms with Crippen LogP contribution in [0, 0.1) is 0 Å². The quantitative estimate of drug-likeness (QED) is 0.130. The van der Waals surface area contributed by atoms with Gasteiger partial charge in [-0.05, 0) is 157 Å². The molecule has 0 saturated heterocycles. The first-order valence-electron chi connectivity index (χ1n) is 30.8. The van der Waals surface area contributed by atoms with Crippen molar-refractivity contribution in [3.8, 4) is 34.5 Å². The predicted octanol–water partition coefficient (Wildman–Crippen LogP) is 18.1. The van der Waals surface area contributed by atoms with Crippen molar-refractivity contribution in [3.05, 3.63) is 233 Å². The summed E-state index contributed by atoms with van der Waals surface area (Å²) in [5.41, 5.74) is 15.5. The van der Waals surface area contributed by atoms with Crippen LogP contribution in [-0.2, 0) is 84.2 Å². The van der Waals surface area contributed by atoms with Crippen LogP contribution in [0.15, 0.2) is 122 Å². The second-order valence-electron chi connectivity index (χ2n) is 30.6. The molecule has 0 atom stereocenters. The molecule has 1 aliphatic carbocycles. The molecular formula is C78H94N2O6. The molecule has 8 heteroatoms. The zero-order valence-electron chi connectivity index (χ0n) is 54.7. The first-order valence-corrected chi connectivity index (χ1v) is 30.8. The number of benzene rings is 6. The molecule has 6 aromatic carbocycles. The number of aromatic nitrogens is 2. The van der Waals surface area contributed by atoms with Crippen LogP contribution in [-0.4, -0.2) is 30.4 Å². The van der Waals surface area contributed by atoms with Gasteiger partial charge in [0.1, 0.15) is 47.7 Å². The molecule has 2 heterocycles. The number of pyridine rings is 2. The highest BCUT2D eigenvalue weighted by molar-refractivity contribution is 5.61. The maximum Gasteiger partial charge on any atom is 0.130 e. The standard InChI is InChI=1S/C78H94N2O6/c1-73(2,3)59-33-47-27-48-34-60(74(4,5)6)38-52(68(48)82)30-57-43-64(78(16,17)18)44-58(72(57)86-46-66-24-20-22-26-80-66)32-54-40-62(76(10,11)12)36-50(70(54)84)28-49-35-61(75(7,8)9)39-53(69(49)83)31-56-42-63(77(13,14)15)41-55(29-51(37-59)67(47)81)71(56)85-45-65-23-19-21-25-79-65/h19-26,33-44,81-84H,27-32,45-46H2,1-18H3. The molecule has 0 aliphatic heterocycles. The number of fused-ring (bicyclic) bond motifs is 12. The number of hydrogen-bond acceptors (Lipinski definition) is 8. The van der Waals surface area contributed by atoms with Crippen molar-refractivity contribution in [1.29, 1.82) is 0 Å². The van der Waals surface area contributed by atoms with Crippen molar-refractivity contribution in [2.45, 2.75) is 209 Å². The molecule has 0 amide bonds. The minimum atomic E-state index is -0.308. The summed E-state index contributed by atoms with van der Waals surface area (Å²) in [5.74, 6) is 2.01. The fourth-order valence-electron chi connectivity index (χ4n) is 11.6. The summed E-state index contributed by atoms with van der Waals surface area (Å²) >= 11 is 0. The molecule has 0 saturated carbocycles. The van der Waals surface area contributed by atoms with Gasteiger partial charge in [-0.2, -0.15) is 0 Å². The van der Waals surface area contributed by atoms with E-state index in [1.54, 1.807) is 12.4 Å². The van der Waals surface area contributed by atoms with Gasteiger partial charge in [-0.25, -0.2) is 0 Å². The Bertz CT molecular complexity index is 3360. The van der Waals surface area contributed by atoms with Gasteiger partial charge in [0.05, 0.1) is 11.4 Å². The van der Waals surface area contributed by atoms with Crippen LogP contribution in [0.5, 0.6) is 34.5 Å². The monoisotopic (exact) mass is 1150 g/mol. The molecule has 8 nitrogen and oxygen atoms in total. The molecule has 86 heavy (non-hydrogen) atoms. The van der Waals surface area contributed by atoms with Crippen LogP contribution >= 0.6 is 0 Å². The van der Waals surface area contributed by atoms with Crippen molar-refractivity contribution in [2.24, 2.45) is 0 Å². The van der Waals surface area contributed by atoms with E-state index in [1.165, 1.54) is 0 Å². The van der Waals surface area contributed by atoms with Crippen molar-refractivity contribution in [1.82, 2.24) is 9.97 Å². The van der Waals surface area contributed by atoms with E-state index in [-0.39, 0.29) is 81.5 Å². The molecule has 452 valence electrons. The first kappa shape index (κ1) is 62.9. The van der Waals surface area contributed by atoms with Gasteiger partial charge in [0.15, 0.2) is 0 Å². The van der Waals surface area contributed by atoms with E-state index >= 15 is 0 Å². The van der Waals surface area contributed by atoms with Crippen LogP contribution in [0.1, 0.15) is 236 Å². The number of hydrogen-bond donors (Lipinski definition) is 4. The highest BCUT2D eigenvalue weighted by atomic mass is 16.5. The molecule has 0 spiro atoms. The van der Waals surface area contributed by atoms with E-state index in [1.807, 2.05) is 36.4 Å². The maximum absolute atomic E-state index is 13.0. The summed E-state index contributed by atoms with van der Waals surface area (Å²) in [5, 5.41) is 51.9. The normalized spacial score (nSPS) is 13.7. The number of nitrogens with zero attached hydrogens (tertiary/aromatic N) is 2. The molecule has 4 N–H and O–H groups in total.